The summed E-state index contributed by atoms with van der Waals surface area (Å²) in [5.74, 6) is 1.11. The number of sulfone groups is 1. The van der Waals surface area contributed by atoms with Gasteiger partial charge in [0.25, 0.3) is 5.91 Å². The van der Waals surface area contributed by atoms with E-state index < -0.39 is 9.84 Å². The summed E-state index contributed by atoms with van der Waals surface area (Å²) in [6.45, 7) is 0. The lowest BCUT2D eigenvalue weighted by Gasteiger charge is -2.29. The van der Waals surface area contributed by atoms with E-state index in [0.717, 1.165) is 49.1 Å². The summed E-state index contributed by atoms with van der Waals surface area (Å²) in [6.07, 6.45) is 6.15. The van der Waals surface area contributed by atoms with Gasteiger partial charge in [-0.2, -0.15) is 4.98 Å². The lowest BCUT2D eigenvalue weighted by Crippen LogP contribution is -2.40. The second-order valence-electron chi connectivity index (χ2n) is 7.31. The molecule has 0 radical (unpaired) electrons. The van der Waals surface area contributed by atoms with Crippen molar-refractivity contribution >= 4 is 50.4 Å². The molecule has 0 bridgehead atoms. The van der Waals surface area contributed by atoms with Crippen LogP contribution in [0.25, 0.3) is 0 Å². The smallest absolute Gasteiger partial charge is 0.263 e. The van der Waals surface area contributed by atoms with E-state index in [2.05, 4.69) is 20.6 Å². The molecule has 1 saturated carbocycles. The van der Waals surface area contributed by atoms with Crippen LogP contribution in [0.1, 0.15) is 35.4 Å². The molecule has 1 aliphatic rings. The summed E-state index contributed by atoms with van der Waals surface area (Å²) in [6, 6.07) is 2.11. The van der Waals surface area contributed by atoms with Gasteiger partial charge in [-0.15, -0.1) is 11.3 Å². The quantitative estimate of drug-likeness (QED) is 0.687. The first-order chi connectivity index (χ1) is 13.6. The molecule has 0 aromatic carbocycles. The zero-order valence-corrected chi connectivity index (χ0v) is 18.9. The van der Waals surface area contributed by atoms with Crippen molar-refractivity contribution in [2.45, 2.75) is 42.7 Å². The van der Waals surface area contributed by atoms with Crippen LogP contribution < -0.4 is 15.5 Å². The number of anilines is 2. The number of carbonyl (C=O) groups is 1. The summed E-state index contributed by atoms with van der Waals surface area (Å²) >= 11 is 7.16. The fourth-order valence-electron chi connectivity index (χ4n) is 3.21. The molecule has 2 aromatic rings. The molecular formula is C18H24ClN5O3S2. The Labute approximate surface area is 179 Å². The molecule has 2 N–H and O–H groups in total. The number of nitrogens with zero attached hydrogens (tertiary/aromatic N) is 3. The molecule has 1 fully saturated rings. The highest BCUT2D eigenvalue weighted by molar-refractivity contribution is 7.91. The minimum absolute atomic E-state index is 0.00202. The molecule has 0 aliphatic heterocycles. The average Bonchev–Trinajstić information content (AvgIpc) is 3.05. The molecule has 1 amide bonds. The summed E-state index contributed by atoms with van der Waals surface area (Å²) in [5, 5.41) is 7.75. The zero-order chi connectivity index (χ0) is 21.2. The molecule has 2 aromatic heterocycles. The van der Waals surface area contributed by atoms with E-state index in [9.17, 15) is 13.2 Å². The van der Waals surface area contributed by atoms with Gasteiger partial charge in [0.2, 0.25) is 5.95 Å². The number of hydrogen-bond donors (Lipinski definition) is 2. The molecule has 29 heavy (non-hydrogen) atoms. The third-order valence-corrected chi connectivity index (χ3v) is 7.67. The lowest BCUT2D eigenvalue weighted by molar-refractivity contribution is 0.0930. The molecule has 0 saturated heterocycles. The fraction of sp³-hybridized carbons (Fsp3) is 0.500. The van der Waals surface area contributed by atoms with E-state index >= 15 is 0 Å². The maximum absolute atomic E-state index is 12.5. The number of hydrogen-bond acceptors (Lipinski definition) is 8. The summed E-state index contributed by atoms with van der Waals surface area (Å²) in [7, 11) is 0.409. The first-order valence-corrected chi connectivity index (χ1v) is 12.3. The van der Waals surface area contributed by atoms with Crippen LogP contribution in [0.2, 0.25) is 5.02 Å². The molecule has 2 heterocycles. The largest absolute Gasteiger partial charge is 0.363 e. The average molecular weight is 458 g/mol. The van der Waals surface area contributed by atoms with E-state index in [-0.39, 0.29) is 32.8 Å². The van der Waals surface area contributed by atoms with Gasteiger partial charge in [0.05, 0.1) is 9.92 Å². The molecule has 158 valence electrons. The summed E-state index contributed by atoms with van der Waals surface area (Å²) in [5.41, 5.74) is 0. The van der Waals surface area contributed by atoms with E-state index in [1.165, 1.54) is 5.38 Å². The van der Waals surface area contributed by atoms with E-state index in [1.54, 1.807) is 6.20 Å². The van der Waals surface area contributed by atoms with Crippen molar-refractivity contribution in [1.82, 2.24) is 15.3 Å². The molecule has 8 nitrogen and oxygen atoms in total. The number of aromatic nitrogens is 2. The van der Waals surface area contributed by atoms with Gasteiger partial charge in [0.1, 0.15) is 10.7 Å². The zero-order valence-electron chi connectivity index (χ0n) is 16.5. The van der Waals surface area contributed by atoms with Gasteiger partial charge < -0.3 is 15.5 Å². The number of nitrogens with one attached hydrogen (secondary N) is 2. The van der Waals surface area contributed by atoms with Crippen molar-refractivity contribution in [3.63, 3.8) is 0 Å². The maximum atomic E-state index is 12.5. The van der Waals surface area contributed by atoms with Crippen molar-refractivity contribution in [1.29, 1.82) is 0 Å². The highest BCUT2D eigenvalue weighted by atomic mass is 35.5. The predicted octanol–water partition coefficient (Wildman–Crippen LogP) is 2.81. The SMILES string of the molecule is CN(C)c1ccnc(NC2CCC(NC(=O)c3scc(S(C)(=O)=O)c3Cl)CC2)n1. The second kappa shape index (κ2) is 8.85. The second-order valence-corrected chi connectivity index (χ2v) is 10.6. The van der Waals surface area contributed by atoms with Gasteiger partial charge in [0.15, 0.2) is 9.84 Å². The highest BCUT2D eigenvalue weighted by Crippen LogP contribution is 2.32. The molecule has 0 atom stereocenters. The van der Waals surface area contributed by atoms with Gasteiger partial charge in [0, 0.05) is 44.0 Å². The molecule has 0 spiro atoms. The van der Waals surface area contributed by atoms with E-state index in [0.29, 0.717) is 5.95 Å². The Hall–Kier alpha value is -1.91. The van der Waals surface area contributed by atoms with Crippen molar-refractivity contribution in [3.8, 4) is 0 Å². The first-order valence-electron chi connectivity index (χ1n) is 9.20. The van der Waals surface area contributed by atoms with Crippen LogP contribution in [0, 0.1) is 0 Å². The Morgan fingerprint density at radius 2 is 1.90 bits per heavy atom. The van der Waals surface area contributed by atoms with Crippen molar-refractivity contribution in [2.75, 3.05) is 30.6 Å². The molecular weight excluding hydrogens is 434 g/mol. The third kappa shape index (κ3) is 5.37. The maximum Gasteiger partial charge on any atom is 0.263 e. The van der Waals surface area contributed by atoms with Crippen molar-refractivity contribution < 1.29 is 13.2 Å². The molecule has 1 aliphatic carbocycles. The number of rotatable bonds is 6. The molecule has 3 rings (SSSR count). The van der Waals surface area contributed by atoms with Crippen LogP contribution in [0.5, 0.6) is 0 Å². The topological polar surface area (TPSA) is 104 Å². The fourth-order valence-corrected chi connectivity index (χ4v) is 6.03. The van der Waals surface area contributed by atoms with Crippen LogP contribution >= 0.6 is 22.9 Å². The summed E-state index contributed by atoms with van der Waals surface area (Å²) in [4.78, 5) is 23.4. The standard InChI is InChI=1S/C18H24ClN5O3S2/c1-24(2)14-8-9-20-18(23-14)22-12-6-4-11(5-7-12)21-17(25)16-15(19)13(10-28-16)29(3,26)27/h8-12H,4-7H2,1-3H3,(H,21,25)(H,20,22,23). The van der Waals surface area contributed by atoms with E-state index in [4.69, 9.17) is 11.6 Å². The number of thiophene rings is 1. The number of carbonyl (C=O) groups excluding carboxylic acids is 1. The van der Waals surface area contributed by atoms with E-state index in [1.807, 2.05) is 25.1 Å². The number of amides is 1. The number of halogens is 1. The monoisotopic (exact) mass is 457 g/mol. The van der Waals surface area contributed by atoms with Crippen molar-refractivity contribution in [2.24, 2.45) is 0 Å². The van der Waals surface area contributed by atoms with Crippen LogP contribution in [-0.2, 0) is 9.84 Å². The summed E-state index contributed by atoms with van der Waals surface area (Å²) < 4.78 is 23.4. The van der Waals surface area contributed by atoms with Crippen LogP contribution in [0.15, 0.2) is 22.5 Å². The molecule has 11 heteroatoms. The van der Waals surface area contributed by atoms with Gasteiger partial charge in [-0.25, -0.2) is 13.4 Å². The Kier molecular flexibility index (Phi) is 6.65. The molecule has 0 unspecified atom stereocenters. The van der Waals surface area contributed by atoms with Gasteiger partial charge in [-0.3, -0.25) is 4.79 Å². The van der Waals surface area contributed by atoms with Gasteiger partial charge in [-0.05, 0) is 31.7 Å². The minimum Gasteiger partial charge on any atom is -0.363 e. The Morgan fingerprint density at radius 3 is 2.48 bits per heavy atom. The highest BCUT2D eigenvalue weighted by Gasteiger charge is 2.26. The Bertz CT molecular complexity index is 985. The van der Waals surface area contributed by atoms with Crippen molar-refractivity contribution in [3.05, 3.63) is 27.5 Å². The Balaban J connectivity index is 1.54. The third-order valence-electron chi connectivity index (χ3n) is 4.80. The minimum atomic E-state index is -3.45. The predicted molar refractivity (Wildman–Crippen MR) is 116 cm³/mol. The lowest BCUT2D eigenvalue weighted by atomic mass is 9.91. The Morgan fingerprint density at radius 1 is 1.24 bits per heavy atom. The van der Waals surface area contributed by atoms with Crippen LogP contribution in [0.4, 0.5) is 11.8 Å². The first kappa shape index (κ1) is 21.8. The van der Waals surface area contributed by atoms with Crippen LogP contribution in [-0.4, -0.2) is 56.7 Å². The van der Waals surface area contributed by atoms with Gasteiger partial charge >= 0.3 is 0 Å². The van der Waals surface area contributed by atoms with Crippen LogP contribution in [0.3, 0.4) is 0 Å². The normalized spacial score (nSPS) is 19.6. The van der Waals surface area contributed by atoms with Gasteiger partial charge in [-0.1, -0.05) is 11.6 Å².